The number of para-hydroxylation sites is 1. The van der Waals surface area contributed by atoms with Crippen molar-refractivity contribution in [3.8, 4) is 0 Å². The Morgan fingerprint density at radius 2 is 2.07 bits per heavy atom. The van der Waals surface area contributed by atoms with Gasteiger partial charge in [-0.05, 0) is 11.6 Å². The molecule has 1 aliphatic heterocycles. The van der Waals surface area contributed by atoms with Crippen molar-refractivity contribution in [3.05, 3.63) is 35.9 Å². The van der Waals surface area contributed by atoms with Gasteiger partial charge in [-0.2, -0.15) is 8.42 Å². The first kappa shape index (κ1) is 10.2. The summed E-state index contributed by atoms with van der Waals surface area (Å²) in [6, 6.07) is 7.47. The van der Waals surface area contributed by atoms with E-state index in [9.17, 15) is 8.42 Å². The average Bonchev–Trinajstić information content (AvgIpc) is 2.16. The van der Waals surface area contributed by atoms with Gasteiger partial charge < -0.3 is 0 Å². The lowest BCUT2D eigenvalue weighted by molar-refractivity contribution is 0.296. The monoisotopic (exact) mass is 225 g/mol. The van der Waals surface area contributed by atoms with Gasteiger partial charge in [0.1, 0.15) is 0 Å². The summed E-state index contributed by atoms with van der Waals surface area (Å²) < 4.78 is 26.9. The van der Waals surface area contributed by atoms with Gasteiger partial charge in [0, 0.05) is 0 Å². The fourth-order valence-corrected chi connectivity index (χ4v) is 1.93. The van der Waals surface area contributed by atoms with Crippen LogP contribution in [0.25, 0.3) is 6.08 Å². The van der Waals surface area contributed by atoms with E-state index < -0.39 is 10.1 Å². The zero-order valence-corrected chi connectivity index (χ0v) is 9.07. The van der Waals surface area contributed by atoms with Crippen molar-refractivity contribution in [3.63, 3.8) is 0 Å². The summed E-state index contributed by atoms with van der Waals surface area (Å²) in [7, 11) is -3.47. The number of rotatable bonds is 2. The molecule has 1 aliphatic rings. The molecule has 80 valence electrons. The topological polar surface area (TPSA) is 46.6 Å². The van der Waals surface area contributed by atoms with Crippen LogP contribution >= 0.6 is 0 Å². The minimum atomic E-state index is -3.47. The van der Waals surface area contributed by atoms with E-state index in [0.29, 0.717) is 6.54 Å². The van der Waals surface area contributed by atoms with E-state index in [1.54, 1.807) is 0 Å². The van der Waals surface area contributed by atoms with Crippen molar-refractivity contribution in [2.24, 2.45) is 0 Å². The molecular weight excluding hydrogens is 214 g/mol. The minimum Gasteiger partial charge on any atom is -0.232 e. The number of anilines is 1. The molecule has 0 aromatic heterocycles. The molecule has 1 aromatic rings. The number of hydroxylamine groups is 1. The van der Waals surface area contributed by atoms with Gasteiger partial charge in [0.15, 0.2) is 0 Å². The van der Waals surface area contributed by atoms with Crippen LogP contribution in [0.2, 0.25) is 0 Å². The molecule has 5 heteroatoms. The van der Waals surface area contributed by atoms with E-state index in [1.165, 1.54) is 5.06 Å². The van der Waals surface area contributed by atoms with Crippen LogP contribution < -0.4 is 5.06 Å². The van der Waals surface area contributed by atoms with Gasteiger partial charge in [0.25, 0.3) is 10.1 Å². The third-order valence-corrected chi connectivity index (χ3v) is 2.45. The second-order valence-corrected chi connectivity index (χ2v) is 4.86. The molecule has 0 spiro atoms. The van der Waals surface area contributed by atoms with Gasteiger partial charge in [-0.25, -0.2) is 5.06 Å². The standard InChI is InChI=1S/C10H11NO3S/c1-15(12,13)14-11-8-4-6-9-5-2-3-7-10(9)11/h2-7H,8H2,1H3. The molecule has 0 fully saturated rings. The maximum absolute atomic E-state index is 11.0. The third-order valence-electron chi connectivity index (χ3n) is 2.00. The second kappa shape index (κ2) is 3.67. The third kappa shape index (κ3) is 2.37. The molecular formula is C10H11NO3S. The van der Waals surface area contributed by atoms with E-state index >= 15 is 0 Å². The first-order valence-electron chi connectivity index (χ1n) is 4.49. The Labute approximate surface area is 88.9 Å². The van der Waals surface area contributed by atoms with Gasteiger partial charge in [-0.3, -0.25) is 0 Å². The molecule has 0 unspecified atom stereocenters. The van der Waals surface area contributed by atoms with Gasteiger partial charge in [0.2, 0.25) is 0 Å². The molecule has 15 heavy (non-hydrogen) atoms. The normalized spacial score (nSPS) is 15.1. The highest BCUT2D eigenvalue weighted by atomic mass is 32.2. The van der Waals surface area contributed by atoms with E-state index in [4.69, 9.17) is 4.28 Å². The van der Waals surface area contributed by atoms with Crippen LogP contribution in [0.15, 0.2) is 30.3 Å². The Balaban J connectivity index is 2.34. The predicted octanol–water partition coefficient (Wildman–Crippen LogP) is 1.41. The lowest BCUT2D eigenvalue weighted by Crippen LogP contribution is -2.28. The highest BCUT2D eigenvalue weighted by Crippen LogP contribution is 2.25. The van der Waals surface area contributed by atoms with Gasteiger partial charge >= 0.3 is 0 Å². The summed E-state index contributed by atoms with van der Waals surface area (Å²) in [5, 5.41) is 1.37. The Bertz CT molecular complexity index is 493. The Hall–Kier alpha value is -1.33. The van der Waals surface area contributed by atoms with Gasteiger partial charge in [-0.1, -0.05) is 30.4 Å². The van der Waals surface area contributed by atoms with Crippen LogP contribution in [0.4, 0.5) is 5.69 Å². The summed E-state index contributed by atoms with van der Waals surface area (Å²) in [6.45, 7) is 0.435. The molecule has 4 nitrogen and oxygen atoms in total. The molecule has 0 bridgehead atoms. The highest BCUT2D eigenvalue weighted by molar-refractivity contribution is 7.86. The first-order chi connectivity index (χ1) is 7.06. The smallest absolute Gasteiger partial charge is 0.232 e. The Morgan fingerprint density at radius 3 is 2.80 bits per heavy atom. The maximum atomic E-state index is 11.0. The molecule has 0 aliphatic carbocycles. The molecule has 0 atom stereocenters. The Morgan fingerprint density at radius 1 is 1.33 bits per heavy atom. The predicted molar refractivity (Wildman–Crippen MR) is 58.8 cm³/mol. The fourth-order valence-electron chi connectivity index (χ4n) is 1.46. The SMILES string of the molecule is CS(=O)(=O)ON1CC=Cc2ccccc21. The van der Waals surface area contributed by atoms with E-state index in [0.717, 1.165) is 17.5 Å². The fraction of sp³-hybridized carbons (Fsp3) is 0.200. The molecule has 1 aromatic carbocycles. The molecule has 0 N–H and O–H groups in total. The van der Waals surface area contributed by atoms with Crippen LogP contribution in [0.5, 0.6) is 0 Å². The summed E-state index contributed by atoms with van der Waals surface area (Å²) in [6.07, 6.45) is 4.83. The first-order valence-corrected chi connectivity index (χ1v) is 6.30. The van der Waals surface area contributed by atoms with Gasteiger partial charge in [-0.15, -0.1) is 4.28 Å². The van der Waals surface area contributed by atoms with Crippen molar-refractivity contribution in [2.45, 2.75) is 0 Å². The van der Waals surface area contributed by atoms with Crippen molar-refractivity contribution in [2.75, 3.05) is 17.9 Å². The molecule has 0 radical (unpaired) electrons. The van der Waals surface area contributed by atoms with Crippen molar-refractivity contribution >= 4 is 21.9 Å². The zero-order chi connectivity index (χ0) is 10.9. The number of fused-ring (bicyclic) bond motifs is 1. The van der Waals surface area contributed by atoms with E-state index in [2.05, 4.69) is 0 Å². The molecule has 0 amide bonds. The summed E-state index contributed by atoms with van der Waals surface area (Å²) in [4.78, 5) is 0. The van der Waals surface area contributed by atoms with Gasteiger partial charge in [0.05, 0.1) is 18.5 Å². The number of benzene rings is 1. The van der Waals surface area contributed by atoms with Crippen LogP contribution in [-0.4, -0.2) is 21.2 Å². The van der Waals surface area contributed by atoms with Crippen LogP contribution in [-0.2, 0) is 14.4 Å². The van der Waals surface area contributed by atoms with Crippen molar-refractivity contribution in [1.29, 1.82) is 0 Å². The molecule has 0 saturated carbocycles. The number of hydrogen-bond acceptors (Lipinski definition) is 4. The summed E-state index contributed by atoms with van der Waals surface area (Å²) in [5.74, 6) is 0. The summed E-state index contributed by atoms with van der Waals surface area (Å²) in [5.41, 5.74) is 1.72. The minimum absolute atomic E-state index is 0.435. The Kier molecular flexibility index (Phi) is 2.50. The largest absolute Gasteiger partial charge is 0.285 e. The van der Waals surface area contributed by atoms with E-state index in [-0.39, 0.29) is 0 Å². The second-order valence-electron chi connectivity index (χ2n) is 3.30. The lowest BCUT2D eigenvalue weighted by Gasteiger charge is -2.25. The zero-order valence-electron chi connectivity index (χ0n) is 8.25. The quantitative estimate of drug-likeness (QED) is 0.763. The molecule has 1 heterocycles. The van der Waals surface area contributed by atoms with E-state index in [1.807, 2.05) is 36.4 Å². The number of hydrogen-bond donors (Lipinski definition) is 0. The molecule has 0 saturated heterocycles. The van der Waals surface area contributed by atoms with Crippen LogP contribution in [0, 0.1) is 0 Å². The molecule has 2 rings (SSSR count). The summed E-state index contributed by atoms with van der Waals surface area (Å²) >= 11 is 0. The van der Waals surface area contributed by atoms with Crippen LogP contribution in [0.3, 0.4) is 0 Å². The lowest BCUT2D eigenvalue weighted by atomic mass is 10.1. The highest BCUT2D eigenvalue weighted by Gasteiger charge is 2.17. The van der Waals surface area contributed by atoms with Crippen LogP contribution in [0.1, 0.15) is 5.56 Å². The average molecular weight is 225 g/mol. The van der Waals surface area contributed by atoms with Crippen molar-refractivity contribution in [1.82, 2.24) is 0 Å². The number of nitrogens with zero attached hydrogens (tertiary/aromatic N) is 1. The van der Waals surface area contributed by atoms with Crippen molar-refractivity contribution < 1.29 is 12.7 Å². The maximum Gasteiger partial charge on any atom is 0.285 e.